The third kappa shape index (κ3) is 2.17. The first-order valence-electron chi connectivity index (χ1n) is 12.6. The molecular weight excluding hydrogens is 394 g/mol. The molecular formula is C28H23N3O. The number of fused-ring (bicyclic) bond motifs is 9. The van der Waals surface area contributed by atoms with Crippen molar-refractivity contribution in [3.63, 3.8) is 0 Å². The lowest BCUT2D eigenvalue weighted by Gasteiger charge is -2.45. The van der Waals surface area contributed by atoms with E-state index in [9.17, 15) is 5.11 Å². The minimum absolute atomic E-state index is 0.130. The van der Waals surface area contributed by atoms with E-state index < -0.39 is 6.85 Å². The molecule has 4 nitrogen and oxygen atoms in total. The second-order valence-corrected chi connectivity index (χ2v) is 8.98. The molecule has 1 saturated carbocycles. The van der Waals surface area contributed by atoms with Crippen molar-refractivity contribution >= 4 is 44.0 Å². The van der Waals surface area contributed by atoms with Crippen LogP contribution in [0, 0.1) is 6.85 Å². The molecule has 3 aliphatic rings. The van der Waals surface area contributed by atoms with Crippen molar-refractivity contribution in [3.8, 4) is 0 Å². The maximum atomic E-state index is 10.8. The first-order valence-corrected chi connectivity index (χ1v) is 11.1. The summed E-state index contributed by atoms with van der Waals surface area (Å²) in [6.45, 7) is -2.32. The fraction of sp³-hybridized carbons (Fsp3) is 0.214. The summed E-state index contributed by atoms with van der Waals surface area (Å²) in [5, 5.41) is 14.7. The van der Waals surface area contributed by atoms with Crippen LogP contribution in [0.4, 0.5) is 5.69 Å². The number of aliphatic imine (C=N–C) groups is 1. The second kappa shape index (κ2) is 6.19. The molecule has 0 unspecified atom stereocenters. The number of aromatic nitrogens is 1. The molecule has 2 aliphatic heterocycles. The van der Waals surface area contributed by atoms with Gasteiger partial charge >= 0.3 is 0 Å². The smallest absolute Gasteiger partial charge is 0.176 e. The molecule has 1 spiro atoms. The van der Waals surface area contributed by atoms with Crippen molar-refractivity contribution in [2.45, 2.75) is 38.1 Å². The van der Waals surface area contributed by atoms with E-state index in [2.05, 4.69) is 22.0 Å². The molecule has 0 radical (unpaired) electrons. The van der Waals surface area contributed by atoms with Gasteiger partial charge in [-0.05, 0) is 60.3 Å². The molecule has 1 aliphatic carbocycles. The Morgan fingerprint density at radius 3 is 2.75 bits per heavy atom. The molecule has 1 N–H and O–H groups in total. The van der Waals surface area contributed by atoms with E-state index in [1.54, 1.807) is 12.3 Å². The molecule has 7 rings (SSSR count). The highest BCUT2D eigenvalue weighted by Gasteiger charge is 2.47. The van der Waals surface area contributed by atoms with Gasteiger partial charge in [-0.2, -0.15) is 0 Å². The number of allylic oxidation sites excluding steroid dienone is 2. The van der Waals surface area contributed by atoms with Crippen molar-refractivity contribution in [2.75, 3.05) is 0 Å². The van der Waals surface area contributed by atoms with Crippen molar-refractivity contribution < 1.29 is 9.22 Å². The summed E-state index contributed by atoms with van der Waals surface area (Å²) in [6.07, 6.45) is 11.3. The van der Waals surface area contributed by atoms with E-state index in [4.69, 9.17) is 9.10 Å². The molecule has 3 aromatic carbocycles. The largest absolute Gasteiger partial charge is 0.504 e. The molecule has 32 heavy (non-hydrogen) atoms. The van der Waals surface area contributed by atoms with E-state index in [1.165, 1.54) is 0 Å². The minimum Gasteiger partial charge on any atom is -0.504 e. The van der Waals surface area contributed by atoms with Gasteiger partial charge in [0.15, 0.2) is 11.6 Å². The average Bonchev–Trinajstić information content (AvgIpc) is 3.33. The van der Waals surface area contributed by atoms with Crippen LogP contribution >= 0.6 is 0 Å². The number of aliphatic hydroxyl groups is 1. The Hall–Kier alpha value is -3.66. The molecule has 1 aromatic heterocycles. The lowest BCUT2D eigenvalue weighted by atomic mass is 9.81. The molecule has 1 fully saturated rings. The lowest BCUT2D eigenvalue weighted by Crippen LogP contribution is -2.48. The van der Waals surface area contributed by atoms with Crippen LogP contribution in [0.2, 0.25) is 0 Å². The summed E-state index contributed by atoms with van der Waals surface area (Å²) in [7, 11) is 0. The number of pyridine rings is 1. The Morgan fingerprint density at radius 1 is 1.03 bits per heavy atom. The third-order valence-corrected chi connectivity index (χ3v) is 7.42. The number of aryl methyl sites for hydroxylation is 1. The molecule has 0 saturated heterocycles. The first kappa shape index (κ1) is 15.2. The average molecular weight is 421 g/mol. The van der Waals surface area contributed by atoms with E-state index in [0.29, 0.717) is 22.2 Å². The molecule has 3 heterocycles. The Morgan fingerprint density at radius 2 is 1.88 bits per heavy atom. The quantitative estimate of drug-likeness (QED) is 0.248. The number of amidine groups is 1. The van der Waals surface area contributed by atoms with Gasteiger partial charge in [-0.25, -0.2) is 4.99 Å². The Bertz CT molecular complexity index is 1660. The molecule has 4 aromatic rings. The number of benzene rings is 3. The standard InChI is InChI=1S/C28H23N3O/c1-17-19-9-8-18-6-4-14-29-25(18)21(19)16-22-20(17)10-11-23-26(22)30-27-24(32)7-5-15-31(27)28(23)12-2-3-13-28/h4-11,14-16,32H,2-3,12-13H2,1H3/i1D3. The van der Waals surface area contributed by atoms with Crippen LogP contribution in [0.3, 0.4) is 0 Å². The van der Waals surface area contributed by atoms with Crippen molar-refractivity contribution in [3.05, 3.63) is 83.9 Å². The summed E-state index contributed by atoms with van der Waals surface area (Å²) in [4.78, 5) is 11.7. The fourth-order valence-electron chi connectivity index (χ4n) is 5.94. The lowest BCUT2D eigenvalue weighted by molar-refractivity contribution is 0.225. The van der Waals surface area contributed by atoms with Crippen LogP contribution < -0.4 is 0 Å². The van der Waals surface area contributed by atoms with Gasteiger partial charge in [0.05, 0.1) is 16.7 Å². The number of hydrogen-bond acceptors (Lipinski definition) is 4. The maximum Gasteiger partial charge on any atom is 0.176 e. The zero-order valence-electron chi connectivity index (χ0n) is 20.5. The Kier molecular flexibility index (Phi) is 2.94. The minimum atomic E-state index is -2.32. The van der Waals surface area contributed by atoms with Crippen LogP contribution in [0.1, 0.15) is 40.9 Å². The molecule has 0 bridgehead atoms. The summed E-state index contributed by atoms with van der Waals surface area (Å²) < 4.78 is 25.3. The summed E-state index contributed by atoms with van der Waals surface area (Å²) in [5.74, 6) is 0.659. The SMILES string of the molecule is [2H]C([2H])([2H])c1c2ccc3c(c2cc2c1ccc1cccnc12)N=C1C(O)=CC=CN1C31CCCC1. The van der Waals surface area contributed by atoms with Crippen LogP contribution in [0.25, 0.3) is 32.4 Å². The normalized spacial score (nSPS) is 20.6. The van der Waals surface area contributed by atoms with E-state index in [-0.39, 0.29) is 11.3 Å². The van der Waals surface area contributed by atoms with Gasteiger partial charge in [-0.15, -0.1) is 0 Å². The second-order valence-electron chi connectivity index (χ2n) is 8.98. The van der Waals surface area contributed by atoms with Crippen LogP contribution in [-0.4, -0.2) is 20.8 Å². The fourth-order valence-corrected chi connectivity index (χ4v) is 5.94. The van der Waals surface area contributed by atoms with Crippen LogP contribution in [0.5, 0.6) is 0 Å². The highest BCUT2D eigenvalue weighted by molar-refractivity contribution is 6.16. The van der Waals surface area contributed by atoms with Gasteiger partial charge in [-0.1, -0.05) is 43.2 Å². The summed E-state index contributed by atoms with van der Waals surface area (Å²) in [5.41, 5.74) is 2.65. The predicted molar refractivity (Wildman–Crippen MR) is 130 cm³/mol. The van der Waals surface area contributed by atoms with Gasteiger partial charge in [-0.3, -0.25) is 4.98 Å². The van der Waals surface area contributed by atoms with Crippen LogP contribution in [-0.2, 0) is 5.54 Å². The van der Waals surface area contributed by atoms with Crippen molar-refractivity contribution in [1.82, 2.24) is 9.88 Å². The van der Waals surface area contributed by atoms with Crippen LogP contribution in [0.15, 0.2) is 77.8 Å². The van der Waals surface area contributed by atoms with E-state index in [0.717, 1.165) is 58.6 Å². The first-order chi connectivity index (χ1) is 16.9. The number of hydrogen-bond donors (Lipinski definition) is 1. The Labute approximate surface area is 190 Å². The number of rotatable bonds is 0. The van der Waals surface area contributed by atoms with Gasteiger partial charge in [0.1, 0.15) is 0 Å². The zero-order valence-corrected chi connectivity index (χ0v) is 17.5. The molecule has 0 atom stereocenters. The number of aliphatic hydroxyl groups excluding tert-OH is 1. The highest BCUT2D eigenvalue weighted by atomic mass is 16.3. The molecule has 0 amide bonds. The van der Waals surface area contributed by atoms with E-state index >= 15 is 0 Å². The highest BCUT2D eigenvalue weighted by Crippen LogP contribution is 2.53. The monoisotopic (exact) mass is 420 g/mol. The van der Waals surface area contributed by atoms with Gasteiger partial charge in [0, 0.05) is 38.2 Å². The van der Waals surface area contributed by atoms with Crippen molar-refractivity contribution in [2.24, 2.45) is 4.99 Å². The van der Waals surface area contributed by atoms with Crippen molar-refractivity contribution in [1.29, 1.82) is 0 Å². The number of nitrogens with zero attached hydrogens (tertiary/aromatic N) is 3. The van der Waals surface area contributed by atoms with Gasteiger partial charge in [0.2, 0.25) is 0 Å². The summed E-state index contributed by atoms with van der Waals surface area (Å²) >= 11 is 0. The Balaban J connectivity index is 1.67. The maximum absolute atomic E-state index is 10.8. The molecule has 4 heteroatoms. The van der Waals surface area contributed by atoms with E-state index in [1.807, 2.05) is 42.6 Å². The van der Waals surface area contributed by atoms with Gasteiger partial charge in [0.25, 0.3) is 0 Å². The zero-order chi connectivity index (χ0) is 23.9. The third-order valence-electron chi connectivity index (χ3n) is 7.42. The van der Waals surface area contributed by atoms with Gasteiger partial charge < -0.3 is 10.0 Å². The molecule has 156 valence electrons. The topological polar surface area (TPSA) is 48.7 Å². The predicted octanol–water partition coefficient (Wildman–Crippen LogP) is 6.93. The summed E-state index contributed by atoms with van der Waals surface area (Å²) in [6, 6.07) is 13.8.